The van der Waals surface area contributed by atoms with Gasteiger partial charge in [-0.15, -0.1) is 0 Å². The highest BCUT2D eigenvalue weighted by atomic mass is 15.3. The number of aromatic nitrogens is 3. The first kappa shape index (κ1) is 12.3. The fourth-order valence-corrected chi connectivity index (χ4v) is 2.15. The van der Waals surface area contributed by atoms with Gasteiger partial charge in [-0.3, -0.25) is 4.98 Å². The van der Waals surface area contributed by atoms with Gasteiger partial charge in [-0.25, -0.2) is 10.8 Å². The molecule has 0 radical (unpaired) electrons. The minimum Gasteiger partial charge on any atom is -0.368 e. The maximum atomic E-state index is 5.64. The number of benzene rings is 1. The van der Waals surface area contributed by atoms with Crippen LogP contribution in [0.25, 0.3) is 22.0 Å². The van der Waals surface area contributed by atoms with Crippen molar-refractivity contribution in [2.75, 3.05) is 11.2 Å². The number of hydrogen-bond donors (Lipinski definition) is 3. The molecular formula is C14H14N6. The molecule has 0 fully saturated rings. The SMILES string of the molecule is Cc1cncc(-c2ccc3nc(N)nc(NN)c3c2)c1. The standard InChI is InChI=1S/C14H14N6/c1-8-4-10(7-17-6-8)9-2-3-12-11(5-9)13(20-16)19-14(15)18-12/h2-7H,16H2,1H3,(H3,15,18,19,20). The highest BCUT2D eigenvalue weighted by Gasteiger charge is 2.07. The molecule has 0 bridgehead atoms. The third kappa shape index (κ3) is 2.12. The van der Waals surface area contributed by atoms with Gasteiger partial charge in [-0.1, -0.05) is 6.07 Å². The first-order valence-corrected chi connectivity index (χ1v) is 6.13. The lowest BCUT2D eigenvalue weighted by Crippen LogP contribution is -2.11. The molecule has 0 saturated heterocycles. The van der Waals surface area contributed by atoms with Gasteiger partial charge in [0, 0.05) is 23.3 Å². The smallest absolute Gasteiger partial charge is 0.222 e. The normalized spacial score (nSPS) is 10.7. The average Bonchev–Trinajstić information content (AvgIpc) is 2.46. The number of hydrogen-bond acceptors (Lipinski definition) is 6. The Morgan fingerprint density at radius 2 is 1.90 bits per heavy atom. The summed E-state index contributed by atoms with van der Waals surface area (Å²) in [6, 6.07) is 7.92. The Morgan fingerprint density at radius 3 is 2.65 bits per heavy atom. The zero-order valence-corrected chi connectivity index (χ0v) is 11.0. The van der Waals surface area contributed by atoms with E-state index in [0.717, 1.165) is 27.6 Å². The van der Waals surface area contributed by atoms with E-state index in [9.17, 15) is 0 Å². The van der Waals surface area contributed by atoms with Crippen molar-refractivity contribution in [1.29, 1.82) is 0 Å². The van der Waals surface area contributed by atoms with Gasteiger partial charge < -0.3 is 11.2 Å². The van der Waals surface area contributed by atoms with Crippen LogP contribution >= 0.6 is 0 Å². The topological polar surface area (TPSA) is 103 Å². The number of nitrogen functional groups attached to an aromatic ring is 2. The number of hydrazine groups is 1. The summed E-state index contributed by atoms with van der Waals surface area (Å²) in [4.78, 5) is 12.5. The third-order valence-electron chi connectivity index (χ3n) is 3.06. The summed E-state index contributed by atoms with van der Waals surface area (Å²) in [5, 5.41) is 0.820. The van der Waals surface area contributed by atoms with Crippen LogP contribution in [0.15, 0.2) is 36.7 Å². The molecule has 0 amide bonds. The van der Waals surface area contributed by atoms with Crippen LogP contribution < -0.4 is 17.0 Å². The van der Waals surface area contributed by atoms with Crippen molar-refractivity contribution in [2.24, 2.45) is 5.84 Å². The summed E-state index contributed by atoms with van der Waals surface area (Å²) in [7, 11) is 0. The van der Waals surface area contributed by atoms with Gasteiger partial charge in [0.2, 0.25) is 5.95 Å². The maximum absolute atomic E-state index is 5.64. The Kier molecular flexibility index (Phi) is 2.92. The van der Waals surface area contributed by atoms with Crippen LogP contribution in [0.2, 0.25) is 0 Å². The maximum Gasteiger partial charge on any atom is 0.222 e. The number of pyridine rings is 1. The molecule has 1 aromatic carbocycles. The van der Waals surface area contributed by atoms with Gasteiger partial charge >= 0.3 is 0 Å². The van der Waals surface area contributed by atoms with E-state index in [2.05, 4.69) is 26.4 Å². The predicted octanol–water partition coefficient (Wildman–Crippen LogP) is 1.87. The van der Waals surface area contributed by atoms with Crippen molar-refractivity contribution in [1.82, 2.24) is 15.0 Å². The predicted molar refractivity (Wildman–Crippen MR) is 79.7 cm³/mol. The molecule has 3 aromatic rings. The fraction of sp³-hybridized carbons (Fsp3) is 0.0714. The molecule has 3 rings (SSSR count). The highest BCUT2D eigenvalue weighted by molar-refractivity contribution is 5.93. The monoisotopic (exact) mass is 266 g/mol. The van der Waals surface area contributed by atoms with Crippen molar-refractivity contribution < 1.29 is 0 Å². The van der Waals surface area contributed by atoms with Crippen molar-refractivity contribution >= 4 is 22.7 Å². The van der Waals surface area contributed by atoms with E-state index in [1.54, 1.807) is 0 Å². The summed E-state index contributed by atoms with van der Waals surface area (Å²) in [6.07, 6.45) is 3.64. The van der Waals surface area contributed by atoms with E-state index >= 15 is 0 Å². The molecule has 0 aliphatic rings. The van der Waals surface area contributed by atoms with Crippen LogP contribution in [-0.4, -0.2) is 15.0 Å². The van der Waals surface area contributed by atoms with Crippen LogP contribution in [0.1, 0.15) is 5.56 Å². The molecule has 6 nitrogen and oxygen atoms in total. The fourth-order valence-electron chi connectivity index (χ4n) is 2.15. The van der Waals surface area contributed by atoms with Gasteiger partial charge in [0.15, 0.2) is 5.82 Å². The number of anilines is 2. The molecular weight excluding hydrogens is 252 g/mol. The van der Waals surface area contributed by atoms with Crippen molar-refractivity contribution in [2.45, 2.75) is 6.92 Å². The van der Waals surface area contributed by atoms with E-state index in [0.29, 0.717) is 5.82 Å². The van der Waals surface area contributed by atoms with Crippen LogP contribution in [-0.2, 0) is 0 Å². The molecule has 5 N–H and O–H groups in total. The van der Waals surface area contributed by atoms with Crippen LogP contribution in [0.3, 0.4) is 0 Å². The highest BCUT2D eigenvalue weighted by Crippen LogP contribution is 2.27. The summed E-state index contributed by atoms with van der Waals surface area (Å²) in [6.45, 7) is 2.01. The van der Waals surface area contributed by atoms with E-state index < -0.39 is 0 Å². The summed E-state index contributed by atoms with van der Waals surface area (Å²) in [5.74, 6) is 6.19. The summed E-state index contributed by atoms with van der Waals surface area (Å²) >= 11 is 0. The largest absolute Gasteiger partial charge is 0.368 e. The minimum atomic E-state index is 0.190. The van der Waals surface area contributed by atoms with E-state index in [1.165, 1.54) is 0 Å². The lowest BCUT2D eigenvalue weighted by molar-refractivity contribution is 1.19. The van der Waals surface area contributed by atoms with Crippen molar-refractivity contribution in [3.05, 3.63) is 42.2 Å². The van der Waals surface area contributed by atoms with Crippen molar-refractivity contribution in [3.63, 3.8) is 0 Å². The second-order valence-electron chi connectivity index (χ2n) is 4.56. The molecule has 100 valence electrons. The molecule has 6 heteroatoms. The van der Waals surface area contributed by atoms with Crippen LogP contribution in [0.4, 0.5) is 11.8 Å². The van der Waals surface area contributed by atoms with Gasteiger partial charge in [-0.05, 0) is 36.2 Å². The molecule has 20 heavy (non-hydrogen) atoms. The lowest BCUT2D eigenvalue weighted by Gasteiger charge is -2.08. The molecule has 2 aromatic heterocycles. The first-order valence-electron chi connectivity index (χ1n) is 6.13. The number of aryl methyl sites for hydroxylation is 1. The van der Waals surface area contributed by atoms with E-state index in [1.807, 2.05) is 37.5 Å². The van der Waals surface area contributed by atoms with Gasteiger partial charge in [0.05, 0.1) is 5.52 Å². The summed E-state index contributed by atoms with van der Waals surface area (Å²) in [5.41, 5.74) is 12.1. The molecule has 2 heterocycles. The Bertz CT molecular complexity index is 784. The van der Waals surface area contributed by atoms with Crippen molar-refractivity contribution in [3.8, 4) is 11.1 Å². The Morgan fingerprint density at radius 1 is 1.05 bits per heavy atom. The molecule has 0 aliphatic heterocycles. The molecule has 0 spiro atoms. The molecule has 0 atom stereocenters. The van der Waals surface area contributed by atoms with E-state index in [-0.39, 0.29) is 5.95 Å². The lowest BCUT2D eigenvalue weighted by atomic mass is 10.0. The Hall–Kier alpha value is -2.73. The second kappa shape index (κ2) is 4.75. The number of nitrogens with two attached hydrogens (primary N) is 2. The zero-order chi connectivity index (χ0) is 14.1. The zero-order valence-electron chi connectivity index (χ0n) is 11.0. The Labute approximate surface area is 115 Å². The number of nitrogens with zero attached hydrogens (tertiary/aromatic N) is 3. The minimum absolute atomic E-state index is 0.190. The molecule has 0 saturated carbocycles. The molecule has 0 aliphatic carbocycles. The van der Waals surface area contributed by atoms with Crippen LogP contribution in [0, 0.1) is 6.92 Å². The first-order chi connectivity index (χ1) is 9.67. The number of fused-ring (bicyclic) bond motifs is 1. The second-order valence-corrected chi connectivity index (χ2v) is 4.56. The quantitative estimate of drug-likeness (QED) is 0.483. The summed E-state index contributed by atoms with van der Waals surface area (Å²) < 4.78 is 0. The average molecular weight is 266 g/mol. The third-order valence-corrected chi connectivity index (χ3v) is 3.06. The Balaban J connectivity index is 2.22. The van der Waals surface area contributed by atoms with E-state index in [4.69, 9.17) is 11.6 Å². The number of nitrogens with one attached hydrogen (secondary N) is 1. The van der Waals surface area contributed by atoms with Crippen LogP contribution in [0.5, 0.6) is 0 Å². The van der Waals surface area contributed by atoms with Gasteiger partial charge in [-0.2, -0.15) is 4.98 Å². The molecule has 0 unspecified atom stereocenters. The number of rotatable bonds is 2. The van der Waals surface area contributed by atoms with Gasteiger partial charge in [0.1, 0.15) is 0 Å². The van der Waals surface area contributed by atoms with Gasteiger partial charge in [0.25, 0.3) is 0 Å².